The third-order valence-corrected chi connectivity index (χ3v) is 4.39. The van der Waals surface area contributed by atoms with E-state index in [1.54, 1.807) is 0 Å². The van der Waals surface area contributed by atoms with Gasteiger partial charge in [0.1, 0.15) is 0 Å². The van der Waals surface area contributed by atoms with Crippen LogP contribution >= 0.6 is 24.0 Å². The Hall–Kier alpha value is -0.820. The average molecular weight is 430 g/mol. The number of aliphatic imine (C=N–C) groups is 1. The number of hydrogen-bond acceptors (Lipinski definition) is 2. The molecule has 1 atom stereocenters. The van der Waals surface area contributed by atoms with E-state index in [9.17, 15) is 0 Å². The van der Waals surface area contributed by atoms with Gasteiger partial charge in [-0.3, -0.25) is 4.99 Å². The Balaban J connectivity index is 0.00000264. The lowest BCUT2D eigenvalue weighted by molar-refractivity contribution is 0.309. The molecule has 1 aliphatic rings. The topological polar surface area (TPSA) is 39.7 Å². The lowest BCUT2D eigenvalue weighted by Gasteiger charge is -2.21. The fourth-order valence-corrected chi connectivity index (χ4v) is 3.21. The summed E-state index contributed by atoms with van der Waals surface area (Å²) in [5.74, 6) is 0.907. The van der Waals surface area contributed by atoms with E-state index < -0.39 is 0 Å². The van der Waals surface area contributed by atoms with Gasteiger partial charge in [0.15, 0.2) is 5.96 Å². The van der Waals surface area contributed by atoms with E-state index in [0.717, 1.165) is 25.5 Å². The van der Waals surface area contributed by atoms with Crippen LogP contribution in [0.5, 0.6) is 0 Å². The first kappa shape index (κ1) is 20.2. The number of aryl methyl sites for hydroxylation is 2. The predicted molar refractivity (Wildman–Crippen MR) is 110 cm³/mol. The maximum absolute atomic E-state index is 4.32. The van der Waals surface area contributed by atoms with E-state index >= 15 is 0 Å². The summed E-state index contributed by atoms with van der Waals surface area (Å²) in [5.41, 5.74) is 4.06. The molecule has 0 aliphatic carbocycles. The fourth-order valence-electron chi connectivity index (χ4n) is 3.21. The minimum Gasteiger partial charge on any atom is -0.356 e. The molecule has 0 saturated carbocycles. The van der Waals surface area contributed by atoms with Crippen LogP contribution in [-0.2, 0) is 6.42 Å². The SMILES string of the molecule is CN=C(NCCc1cc(C)cc(C)c1)NCC1CCCN1C.I. The number of likely N-dealkylation sites (tertiary alicyclic amines) is 1. The molecule has 0 bridgehead atoms. The van der Waals surface area contributed by atoms with Gasteiger partial charge in [-0.25, -0.2) is 0 Å². The molecule has 1 aromatic carbocycles. The van der Waals surface area contributed by atoms with Crippen molar-refractivity contribution >= 4 is 29.9 Å². The van der Waals surface area contributed by atoms with Crippen molar-refractivity contribution in [1.29, 1.82) is 0 Å². The summed E-state index contributed by atoms with van der Waals surface area (Å²) in [7, 11) is 4.04. The molecule has 1 heterocycles. The third kappa shape index (κ3) is 6.67. The highest BCUT2D eigenvalue weighted by Crippen LogP contribution is 2.13. The van der Waals surface area contributed by atoms with Gasteiger partial charge in [0.2, 0.25) is 0 Å². The quantitative estimate of drug-likeness (QED) is 0.429. The van der Waals surface area contributed by atoms with Crippen molar-refractivity contribution in [2.24, 2.45) is 4.99 Å². The molecular formula is C18H31IN4. The maximum atomic E-state index is 4.32. The van der Waals surface area contributed by atoms with E-state index in [1.165, 1.54) is 36.1 Å². The molecule has 0 radical (unpaired) electrons. The number of halogens is 1. The van der Waals surface area contributed by atoms with Crippen LogP contribution in [0.3, 0.4) is 0 Å². The predicted octanol–water partition coefficient (Wildman–Crippen LogP) is 2.72. The molecule has 1 aliphatic heterocycles. The Morgan fingerprint density at radius 2 is 1.91 bits per heavy atom. The van der Waals surface area contributed by atoms with Crippen LogP contribution in [0.4, 0.5) is 0 Å². The van der Waals surface area contributed by atoms with Crippen LogP contribution in [0.2, 0.25) is 0 Å². The Morgan fingerprint density at radius 1 is 1.22 bits per heavy atom. The molecular weight excluding hydrogens is 399 g/mol. The van der Waals surface area contributed by atoms with Crippen molar-refractivity contribution < 1.29 is 0 Å². The van der Waals surface area contributed by atoms with E-state index in [4.69, 9.17) is 0 Å². The van der Waals surface area contributed by atoms with Gasteiger partial charge in [-0.05, 0) is 52.3 Å². The molecule has 23 heavy (non-hydrogen) atoms. The second kappa shape index (κ2) is 10.1. The van der Waals surface area contributed by atoms with E-state index in [0.29, 0.717) is 6.04 Å². The van der Waals surface area contributed by atoms with Crippen molar-refractivity contribution in [2.75, 3.05) is 33.7 Å². The number of nitrogens with one attached hydrogen (secondary N) is 2. The first-order chi connectivity index (χ1) is 10.6. The summed E-state index contributed by atoms with van der Waals surface area (Å²) in [4.78, 5) is 6.74. The van der Waals surface area contributed by atoms with E-state index in [2.05, 4.69) is 59.6 Å². The number of nitrogens with zero attached hydrogens (tertiary/aromatic N) is 2. The molecule has 4 nitrogen and oxygen atoms in total. The number of hydrogen-bond donors (Lipinski definition) is 2. The molecule has 0 spiro atoms. The summed E-state index contributed by atoms with van der Waals surface area (Å²) in [6.45, 7) is 7.40. The van der Waals surface area contributed by atoms with Crippen molar-refractivity contribution in [3.05, 3.63) is 34.9 Å². The molecule has 2 N–H and O–H groups in total. The average Bonchev–Trinajstić information content (AvgIpc) is 2.87. The molecule has 0 amide bonds. The molecule has 1 aromatic rings. The van der Waals surface area contributed by atoms with Gasteiger partial charge in [-0.15, -0.1) is 24.0 Å². The zero-order valence-electron chi connectivity index (χ0n) is 14.9. The fraction of sp³-hybridized carbons (Fsp3) is 0.611. The summed E-state index contributed by atoms with van der Waals surface area (Å²) in [6.07, 6.45) is 3.61. The lowest BCUT2D eigenvalue weighted by atomic mass is 10.1. The molecule has 130 valence electrons. The number of likely N-dealkylation sites (N-methyl/N-ethyl adjacent to an activating group) is 1. The van der Waals surface area contributed by atoms with Gasteiger partial charge in [-0.2, -0.15) is 0 Å². The Bertz CT molecular complexity index is 495. The summed E-state index contributed by atoms with van der Waals surface area (Å²) in [6, 6.07) is 7.38. The summed E-state index contributed by atoms with van der Waals surface area (Å²) < 4.78 is 0. The Morgan fingerprint density at radius 3 is 2.48 bits per heavy atom. The van der Waals surface area contributed by atoms with Gasteiger partial charge in [-0.1, -0.05) is 29.3 Å². The second-order valence-electron chi connectivity index (χ2n) is 6.40. The van der Waals surface area contributed by atoms with Gasteiger partial charge in [0.25, 0.3) is 0 Å². The third-order valence-electron chi connectivity index (χ3n) is 4.39. The second-order valence-corrected chi connectivity index (χ2v) is 6.40. The van der Waals surface area contributed by atoms with Crippen LogP contribution in [0.1, 0.15) is 29.5 Å². The molecule has 2 rings (SSSR count). The van der Waals surface area contributed by atoms with Crippen LogP contribution in [0, 0.1) is 13.8 Å². The Kier molecular flexibility index (Phi) is 8.91. The zero-order valence-corrected chi connectivity index (χ0v) is 17.2. The maximum Gasteiger partial charge on any atom is 0.191 e. The van der Waals surface area contributed by atoms with Gasteiger partial charge in [0, 0.05) is 26.2 Å². The summed E-state index contributed by atoms with van der Waals surface area (Å²) in [5, 5.41) is 6.86. The van der Waals surface area contributed by atoms with E-state index in [-0.39, 0.29) is 24.0 Å². The molecule has 0 aromatic heterocycles. The first-order valence-corrected chi connectivity index (χ1v) is 8.30. The van der Waals surface area contributed by atoms with Crippen LogP contribution < -0.4 is 10.6 Å². The molecule has 1 fully saturated rings. The van der Waals surface area contributed by atoms with Gasteiger partial charge < -0.3 is 15.5 Å². The monoisotopic (exact) mass is 430 g/mol. The minimum atomic E-state index is 0. The van der Waals surface area contributed by atoms with E-state index in [1.807, 2.05) is 7.05 Å². The first-order valence-electron chi connectivity index (χ1n) is 8.30. The van der Waals surface area contributed by atoms with Crippen molar-refractivity contribution in [3.8, 4) is 0 Å². The lowest BCUT2D eigenvalue weighted by Crippen LogP contribution is -2.44. The number of benzene rings is 1. The largest absolute Gasteiger partial charge is 0.356 e. The van der Waals surface area contributed by atoms with Crippen LogP contribution in [-0.4, -0.2) is 50.6 Å². The number of guanidine groups is 1. The standard InChI is InChI=1S/C18H30N4.HI/c1-14-10-15(2)12-16(11-14)7-8-20-18(19-3)21-13-17-6-5-9-22(17)4;/h10-12,17H,5-9,13H2,1-4H3,(H2,19,20,21);1H. The van der Waals surface area contributed by atoms with Crippen molar-refractivity contribution in [1.82, 2.24) is 15.5 Å². The highest BCUT2D eigenvalue weighted by Gasteiger charge is 2.20. The van der Waals surface area contributed by atoms with Crippen LogP contribution in [0.25, 0.3) is 0 Å². The zero-order chi connectivity index (χ0) is 15.9. The highest BCUT2D eigenvalue weighted by molar-refractivity contribution is 14.0. The number of rotatable bonds is 5. The highest BCUT2D eigenvalue weighted by atomic mass is 127. The molecule has 1 unspecified atom stereocenters. The van der Waals surface area contributed by atoms with Gasteiger partial charge in [0.05, 0.1) is 0 Å². The van der Waals surface area contributed by atoms with Gasteiger partial charge >= 0.3 is 0 Å². The smallest absolute Gasteiger partial charge is 0.191 e. The Labute approximate surface area is 158 Å². The molecule has 5 heteroatoms. The minimum absolute atomic E-state index is 0. The molecule has 1 saturated heterocycles. The van der Waals surface area contributed by atoms with Crippen molar-refractivity contribution in [2.45, 2.75) is 39.2 Å². The summed E-state index contributed by atoms with van der Waals surface area (Å²) >= 11 is 0. The van der Waals surface area contributed by atoms with Crippen molar-refractivity contribution in [3.63, 3.8) is 0 Å². The van der Waals surface area contributed by atoms with Crippen LogP contribution in [0.15, 0.2) is 23.2 Å². The normalized spacial score (nSPS) is 18.6.